The molecule has 1 aromatic rings. The van der Waals surface area contributed by atoms with Crippen molar-refractivity contribution in [2.75, 3.05) is 13.7 Å². The van der Waals surface area contributed by atoms with E-state index >= 15 is 0 Å². The average Bonchev–Trinajstić information content (AvgIpc) is 2.52. The van der Waals surface area contributed by atoms with E-state index in [1.807, 2.05) is 0 Å². The maximum absolute atomic E-state index is 11.0. The number of carboxylic acid groups (broad SMARTS) is 1. The lowest BCUT2D eigenvalue weighted by Gasteiger charge is -2.38. The van der Waals surface area contributed by atoms with E-state index in [4.69, 9.17) is 19.3 Å². The fourth-order valence-corrected chi connectivity index (χ4v) is 2.14. The second-order valence-electron chi connectivity index (χ2n) is 4.89. The van der Waals surface area contributed by atoms with Crippen molar-refractivity contribution in [3.63, 3.8) is 0 Å². The SMILES string of the molecule is COc1ccc(OC[C@@H]2OC(C(=O)O)[C@@H](O)[C@@H](O)C2O)cc1. The number of aliphatic hydroxyl groups excluding tert-OH is 3. The highest BCUT2D eigenvalue weighted by Gasteiger charge is 2.47. The first-order valence-corrected chi connectivity index (χ1v) is 6.63. The Hall–Kier alpha value is -1.87. The van der Waals surface area contributed by atoms with Gasteiger partial charge in [0.15, 0.2) is 6.10 Å². The van der Waals surface area contributed by atoms with Gasteiger partial charge in [0.05, 0.1) is 7.11 Å². The Labute approximate surface area is 126 Å². The molecule has 122 valence electrons. The van der Waals surface area contributed by atoms with E-state index < -0.39 is 36.5 Å². The lowest BCUT2D eigenvalue weighted by molar-refractivity contribution is -0.231. The van der Waals surface area contributed by atoms with Crippen LogP contribution < -0.4 is 9.47 Å². The second-order valence-corrected chi connectivity index (χ2v) is 4.89. The first-order valence-electron chi connectivity index (χ1n) is 6.63. The van der Waals surface area contributed by atoms with Crippen molar-refractivity contribution in [3.05, 3.63) is 24.3 Å². The van der Waals surface area contributed by atoms with Crippen molar-refractivity contribution >= 4 is 5.97 Å². The molecule has 0 bridgehead atoms. The fourth-order valence-electron chi connectivity index (χ4n) is 2.14. The van der Waals surface area contributed by atoms with Crippen LogP contribution in [0.1, 0.15) is 0 Å². The van der Waals surface area contributed by atoms with Crippen molar-refractivity contribution in [1.82, 2.24) is 0 Å². The van der Waals surface area contributed by atoms with Crippen molar-refractivity contribution in [2.45, 2.75) is 30.5 Å². The highest BCUT2D eigenvalue weighted by Crippen LogP contribution is 2.23. The summed E-state index contributed by atoms with van der Waals surface area (Å²) in [4.78, 5) is 11.0. The summed E-state index contributed by atoms with van der Waals surface area (Å²) in [5.74, 6) is -0.317. The largest absolute Gasteiger partial charge is 0.497 e. The van der Waals surface area contributed by atoms with Gasteiger partial charge in [-0.3, -0.25) is 0 Å². The topological polar surface area (TPSA) is 126 Å². The normalized spacial score (nSPS) is 31.5. The molecule has 0 radical (unpaired) electrons. The van der Waals surface area contributed by atoms with Gasteiger partial charge in [0.25, 0.3) is 0 Å². The summed E-state index contributed by atoms with van der Waals surface area (Å²) in [6.07, 6.45) is -7.49. The average molecular weight is 314 g/mol. The van der Waals surface area contributed by atoms with Crippen molar-refractivity contribution in [2.24, 2.45) is 0 Å². The Balaban J connectivity index is 1.99. The molecule has 8 nitrogen and oxygen atoms in total. The molecule has 0 aliphatic carbocycles. The van der Waals surface area contributed by atoms with E-state index in [0.717, 1.165) is 0 Å². The highest BCUT2D eigenvalue weighted by molar-refractivity contribution is 5.73. The molecule has 1 heterocycles. The number of benzene rings is 1. The maximum Gasteiger partial charge on any atom is 0.335 e. The van der Waals surface area contributed by atoms with Crippen molar-refractivity contribution in [3.8, 4) is 11.5 Å². The molecular formula is C14H18O8. The molecule has 0 saturated carbocycles. The van der Waals surface area contributed by atoms with E-state index in [1.165, 1.54) is 7.11 Å². The van der Waals surface area contributed by atoms with Gasteiger partial charge in [-0.15, -0.1) is 0 Å². The number of hydrogen-bond acceptors (Lipinski definition) is 7. The molecule has 2 unspecified atom stereocenters. The van der Waals surface area contributed by atoms with Gasteiger partial charge in [-0.2, -0.15) is 0 Å². The van der Waals surface area contributed by atoms with Crippen LogP contribution in [0.15, 0.2) is 24.3 Å². The van der Waals surface area contributed by atoms with Crippen molar-refractivity contribution in [1.29, 1.82) is 0 Å². The summed E-state index contributed by atoms with van der Waals surface area (Å²) in [5, 5.41) is 38.0. The molecule has 0 amide bonds. The zero-order valence-corrected chi connectivity index (χ0v) is 11.8. The van der Waals surface area contributed by atoms with E-state index in [-0.39, 0.29) is 6.61 Å². The van der Waals surface area contributed by atoms with Crippen LogP contribution in [0.25, 0.3) is 0 Å². The second kappa shape index (κ2) is 6.93. The third kappa shape index (κ3) is 3.47. The van der Waals surface area contributed by atoms with Crippen LogP contribution in [0.4, 0.5) is 0 Å². The number of aliphatic carboxylic acids is 1. The van der Waals surface area contributed by atoms with E-state index in [9.17, 15) is 20.1 Å². The smallest absolute Gasteiger partial charge is 0.335 e. The van der Waals surface area contributed by atoms with Crippen LogP contribution in [0.2, 0.25) is 0 Å². The summed E-state index contributed by atoms with van der Waals surface area (Å²) in [5.41, 5.74) is 0. The van der Waals surface area contributed by atoms with Crippen LogP contribution >= 0.6 is 0 Å². The Bertz CT molecular complexity index is 502. The molecule has 22 heavy (non-hydrogen) atoms. The predicted octanol–water partition coefficient (Wildman–Crippen LogP) is -0.991. The summed E-state index contributed by atoms with van der Waals surface area (Å²) < 4.78 is 15.5. The lowest BCUT2D eigenvalue weighted by atomic mass is 9.95. The standard InChI is InChI=1S/C14H18O8/c1-20-7-2-4-8(5-3-7)21-6-9-10(15)11(16)12(17)13(22-9)14(18)19/h2-5,9-13,15-17H,6H2,1H3,(H,18,19)/t9-,10?,11-,12-,13?/m0/s1. The summed E-state index contributed by atoms with van der Waals surface area (Å²) in [7, 11) is 1.53. The minimum Gasteiger partial charge on any atom is -0.497 e. The lowest BCUT2D eigenvalue weighted by Crippen LogP contribution is -2.61. The molecule has 0 aromatic heterocycles. The van der Waals surface area contributed by atoms with Gasteiger partial charge in [0.1, 0.15) is 42.5 Å². The monoisotopic (exact) mass is 314 g/mol. The van der Waals surface area contributed by atoms with E-state index in [0.29, 0.717) is 11.5 Å². The first-order chi connectivity index (χ1) is 10.4. The number of aliphatic hydroxyl groups is 3. The molecule has 1 fully saturated rings. The molecule has 4 N–H and O–H groups in total. The number of carboxylic acids is 1. The molecule has 1 aliphatic rings. The molecule has 2 rings (SSSR count). The number of carbonyl (C=O) groups is 1. The Morgan fingerprint density at radius 1 is 1.09 bits per heavy atom. The van der Waals surface area contributed by atoms with Crippen LogP contribution in [0.5, 0.6) is 11.5 Å². The number of rotatable bonds is 5. The third-order valence-electron chi connectivity index (χ3n) is 3.43. The van der Waals surface area contributed by atoms with Gasteiger partial charge in [-0.1, -0.05) is 0 Å². The highest BCUT2D eigenvalue weighted by atomic mass is 16.6. The zero-order chi connectivity index (χ0) is 16.3. The predicted molar refractivity (Wildman–Crippen MR) is 72.8 cm³/mol. The summed E-state index contributed by atoms with van der Waals surface area (Å²) >= 11 is 0. The Kier molecular flexibility index (Phi) is 5.19. The summed E-state index contributed by atoms with van der Waals surface area (Å²) in [6.45, 7) is -0.180. The van der Waals surface area contributed by atoms with Gasteiger partial charge in [-0.05, 0) is 24.3 Å². The van der Waals surface area contributed by atoms with E-state index in [2.05, 4.69) is 0 Å². The molecule has 1 aromatic carbocycles. The summed E-state index contributed by atoms with van der Waals surface area (Å²) in [6, 6.07) is 6.61. The Morgan fingerprint density at radius 2 is 1.68 bits per heavy atom. The quantitative estimate of drug-likeness (QED) is 0.546. The maximum atomic E-state index is 11.0. The Morgan fingerprint density at radius 3 is 2.23 bits per heavy atom. The minimum atomic E-state index is -1.70. The van der Waals surface area contributed by atoms with Crippen molar-refractivity contribution < 1.29 is 39.4 Å². The molecule has 0 spiro atoms. The third-order valence-corrected chi connectivity index (χ3v) is 3.43. The van der Waals surface area contributed by atoms with Crippen LogP contribution in [-0.2, 0) is 9.53 Å². The van der Waals surface area contributed by atoms with Crippen LogP contribution in [0, 0.1) is 0 Å². The van der Waals surface area contributed by atoms with Crippen LogP contribution in [0.3, 0.4) is 0 Å². The number of methoxy groups -OCH3 is 1. The molecule has 8 heteroatoms. The number of ether oxygens (including phenoxy) is 3. The van der Waals surface area contributed by atoms with Gasteiger partial charge in [0, 0.05) is 0 Å². The van der Waals surface area contributed by atoms with Gasteiger partial charge in [-0.25, -0.2) is 4.79 Å². The zero-order valence-electron chi connectivity index (χ0n) is 11.8. The molecule has 1 saturated heterocycles. The van der Waals surface area contributed by atoms with Gasteiger partial charge in [0.2, 0.25) is 0 Å². The van der Waals surface area contributed by atoms with Crippen LogP contribution in [-0.4, -0.2) is 70.6 Å². The van der Waals surface area contributed by atoms with E-state index in [1.54, 1.807) is 24.3 Å². The minimum absolute atomic E-state index is 0.180. The molecule has 1 aliphatic heterocycles. The number of hydrogen-bond donors (Lipinski definition) is 4. The first kappa shape index (κ1) is 16.5. The fraction of sp³-hybridized carbons (Fsp3) is 0.500. The molecular weight excluding hydrogens is 296 g/mol. The molecule has 5 atom stereocenters. The van der Waals surface area contributed by atoms with Gasteiger partial charge < -0.3 is 34.6 Å². The van der Waals surface area contributed by atoms with Gasteiger partial charge >= 0.3 is 5.97 Å².